The molecule has 1 aliphatic heterocycles. The second kappa shape index (κ2) is 5.35. The van der Waals surface area contributed by atoms with Crippen LogP contribution in [0.3, 0.4) is 0 Å². The molecule has 1 amide bonds. The molecular weight excluding hydrogens is 298 g/mol. The summed E-state index contributed by atoms with van der Waals surface area (Å²) in [6.07, 6.45) is 1.50. The Morgan fingerprint density at radius 1 is 1.13 bits per heavy atom. The van der Waals surface area contributed by atoms with Gasteiger partial charge < -0.3 is 18.6 Å². The van der Waals surface area contributed by atoms with E-state index in [-0.39, 0.29) is 5.91 Å². The van der Waals surface area contributed by atoms with Crippen molar-refractivity contribution in [2.45, 2.75) is 0 Å². The number of nitrogens with one attached hydrogen (secondary N) is 1. The van der Waals surface area contributed by atoms with Gasteiger partial charge in [0, 0.05) is 37.9 Å². The van der Waals surface area contributed by atoms with E-state index in [0.29, 0.717) is 43.0 Å². The van der Waals surface area contributed by atoms with Gasteiger partial charge in [-0.1, -0.05) is 0 Å². The Morgan fingerprint density at radius 3 is 2.70 bits per heavy atom. The van der Waals surface area contributed by atoms with Crippen LogP contribution in [0.5, 0.6) is 0 Å². The van der Waals surface area contributed by atoms with Crippen LogP contribution in [0.4, 0.5) is 5.69 Å². The molecule has 3 aromatic rings. The van der Waals surface area contributed by atoms with Gasteiger partial charge >= 0.3 is 5.76 Å². The SMILES string of the molecule is O=C(c1ccco1)N1CCN(c2ccc3[nH]c(=O)oc3c2)CC1. The third kappa shape index (κ3) is 2.50. The number of oxazole rings is 1. The highest BCUT2D eigenvalue weighted by Gasteiger charge is 2.24. The zero-order valence-electron chi connectivity index (χ0n) is 12.3. The molecule has 0 bridgehead atoms. The second-order valence-electron chi connectivity index (χ2n) is 5.45. The Morgan fingerprint density at radius 2 is 1.96 bits per heavy atom. The average molecular weight is 313 g/mol. The highest BCUT2D eigenvalue weighted by Crippen LogP contribution is 2.22. The van der Waals surface area contributed by atoms with Crippen molar-refractivity contribution in [1.29, 1.82) is 0 Å². The molecule has 118 valence electrons. The minimum absolute atomic E-state index is 0.0817. The zero-order chi connectivity index (χ0) is 15.8. The van der Waals surface area contributed by atoms with E-state index in [4.69, 9.17) is 8.83 Å². The zero-order valence-corrected chi connectivity index (χ0v) is 12.3. The first-order valence-electron chi connectivity index (χ1n) is 7.41. The van der Waals surface area contributed by atoms with Crippen LogP contribution in [0.2, 0.25) is 0 Å². The number of piperazine rings is 1. The van der Waals surface area contributed by atoms with E-state index < -0.39 is 5.76 Å². The van der Waals surface area contributed by atoms with Crippen molar-refractivity contribution in [2.24, 2.45) is 0 Å². The molecule has 3 heterocycles. The van der Waals surface area contributed by atoms with E-state index in [1.54, 1.807) is 17.0 Å². The summed E-state index contributed by atoms with van der Waals surface area (Å²) in [4.78, 5) is 30.0. The predicted octanol–water partition coefficient (Wildman–Crippen LogP) is 1.68. The number of amides is 1. The number of anilines is 1. The Labute approximate surface area is 131 Å². The summed E-state index contributed by atoms with van der Waals surface area (Å²) >= 11 is 0. The quantitative estimate of drug-likeness (QED) is 0.778. The molecule has 7 nitrogen and oxygen atoms in total. The molecule has 4 rings (SSSR count). The van der Waals surface area contributed by atoms with Crippen LogP contribution in [-0.4, -0.2) is 42.0 Å². The molecule has 0 saturated carbocycles. The fourth-order valence-corrected chi connectivity index (χ4v) is 2.85. The molecule has 0 unspecified atom stereocenters. The maximum atomic E-state index is 12.2. The minimum Gasteiger partial charge on any atom is -0.459 e. The summed E-state index contributed by atoms with van der Waals surface area (Å²) in [5.41, 5.74) is 2.21. The lowest BCUT2D eigenvalue weighted by Gasteiger charge is -2.35. The molecule has 0 radical (unpaired) electrons. The molecule has 7 heteroatoms. The van der Waals surface area contributed by atoms with Crippen molar-refractivity contribution in [3.63, 3.8) is 0 Å². The van der Waals surface area contributed by atoms with E-state index in [2.05, 4.69) is 9.88 Å². The first-order valence-corrected chi connectivity index (χ1v) is 7.41. The fraction of sp³-hybridized carbons (Fsp3) is 0.250. The number of carbonyl (C=O) groups is 1. The summed E-state index contributed by atoms with van der Waals surface area (Å²) in [5.74, 6) is -0.165. The van der Waals surface area contributed by atoms with E-state index in [0.717, 1.165) is 5.69 Å². The van der Waals surface area contributed by atoms with Gasteiger partial charge in [-0.2, -0.15) is 0 Å². The number of rotatable bonds is 2. The van der Waals surface area contributed by atoms with Crippen molar-refractivity contribution < 1.29 is 13.6 Å². The molecule has 0 aliphatic carbocycles. The molecule has 0 spiro atoms. The van der Waals surface area contributed by atoms with E-state index in [1.807, 2.05) is 18.2 Å². The highest BCUT2D eigenvalue weighted by molar-refractivity contribution is 5.91. The Bertz CT molecular complexity index is 886. The molecule has 23 heavy (non-hydrogen) atoms. The monoisotopic (exact) mass is 313 g/mol. The first kappa shape index (κ1) is 13.7. The van der Waals surface area contributed by atoms with E-state index in [9.17, 15) is 9.59 Å². The van der Waals surface area contributed by atoms with Crippen molar-refractivity contribution >= 4 is 22.7 Å². The lowest BCUT2D eigenvalue weighted by molar-refractivity contribution is 0.0714. The number of carbonyl (C=O) groups excluding carboxylic acids is 1. The van der Waals surface area contributed by atoms with Crippen LogP contribution in [0, 0.1) is 0 Å². The summed E-state index contributed by atoms with van der Waals surface area (Å²) in [6, 6.07) is 9.00. The summed E-state index contributed by atoms with van der Waals surface area (Å²) in [7, 11) is 0. The molecule has 1 N–H and O–H groups in total. The fourth-order valence-electron chi connectivity index (χ4n) is 2.85. The minimum atomic E-state index is -0.453. The van der Waals surface area contributed by atoms with Crippen LogP contribution in [0.15, 0.2) is 50.2 Å². The molecule has 1 saturated heterocycles. The third-order valence-corrected chi connectivity index (χ3v) is 4.07. The van der Waals surface area contributed by atoms with Crippen molar-refractivity contribution in [3.8, 4) is 0 Å². The van der Waals surface area contributed by atoms with E-state index >= 15 is 0 Å². The number of hydrogen-bond donors (Lipinski definition) is 1. The van der Waals surface area contributed by atoms with Crippen molar-refractivity contribution in [2.75, 3.05) is 31.1 Å². The second-order valence-corrected chi connectivity index (χ2v) is 5.45. The number of benzene rings is 1. The maximum Gasteiger partial charge on any atom is 0.417 e. The summed E-state index contributed by atoms with van der Waals surface area (Å²) in [5, 5.41) is 0. The number of fused-ring (bicyclic) bond motifs is 1. The topological polar surface area (TPSA) is 82.7 Å². The highest BCUT2D eigenvalue weighted by atomic mass is 16.4. The first-order chi connectivity index (χ1) is 11.2. The number of H-pyrrole nitrogens is 1. The van der Waals surface area contributed by atoms with Crippen molar-refractivity contribution in [3.05, 3.63) is 52.9 Å². The van der Waals surface area contributed by atoms with Crippen LogP contribution in [-0.2, 0) is 0 Å². The Balaban J connectivity index is 1.48. The number of aromatic nitrogens is 1. The van der Waals surface area contributed by atoms with Gasteiger partial charge in [0.1, 0.15) is 0 Å². The summed E-state index contributed by atoms with van der Waals surface area (Å²) in [6.45, 7) is 2.67. The van der Waals surface area contributed by atoms with Gasteiger partial charge in [-0.05, 0) is 24.3 Å². The van der Waals surface area contributed by atoms with Crippen LogP contribution in [0.1, 0.15) is 10.6 Å². The van der Waals surface area contributed by atoms with Gasteiger partial charge in [0.15, 0.2) is 11.3 Å². The third-order valence-electron chi connectivity index (χ3n) is 4.07. The predicted molar refractivity (Wildman–Crippen MR) is 83.7 cm³/mol. The molecule has 1 fully saturated rings. The standard InChI is InChI=1S/C16H15N3O4/c20-15(13-2-1-9-22-13)19-7-5-18(6-8-19)11-3-4-12-14(10-11)23-16(21)17-12/h1-4,9-10H,5-8H2,(H,17,21). The van der Waals surface area contributed by atoms with Gasteiger partial charge in [-0.15, -0.1) is 0 Å². The van der Waals surface area contributed by atoms with Gasteiger partial charge in [0.2, 0.25) is 0 Å². The van der Waals surface area contributed by atoms with Gasteiger partial charge in [0.05, 0.1) is 11.8 Å². The molecular formula is C16H15N3O4. The van der Waals surface area contributed by atoms with Gasteiger partial charge in [-0.3, -0.25) is 9.78 Å². The number of hydrogen-bond acceptors (Lipinski definition) is 5. The lowest BCUT2D eigenvalue weighted by Crippen LogP contribution is -2.48. The Kier molecular flexibility index (Phi) is 3.18. The number of aromatic amines is 1. The van der Waals surface area contributed by atoms with Gasteiger partial charge in [-0.25, -0.2) is 4.79 Å². The van der Waals surface area contributed by atoms with Crippen LogP contribution >= 0.6 is 0 Å². The molecule has 2 aromatic heterocycles. The van der Waals surface area contributed by atoms with E-state index in [1.165, 1.54) is 6.26 Å². The molecule has 1 aromatic carbocycles. The van der Waals surface area contributed by atoms with Crippen LogP contribution < -0.4 is 10.7 Å². The molecule has 1 aliphatic rings. The Hall–Kier alpha value is -2.96. The normalized spacial score (nSPS) is 15.3. The van der Waals surface area contributed by atoms with Crippen LogP contribution in [0.25, 0.3) is 11.1 Å². The smallest absolute Gasteiger partial charge is 0.417 e. The maximum absolute atomic E-state index is 12.2. The average Bonchev–Trinajstić information content (AvgIpc) is 3.22. The van der Waals surface area contributed by atoms with Gasteiger partial charge in [0.25, 0.3) is 5.91 Å². The largest absolute Gasteiger partial charge is 0.459 e. The summed E-state index contributed by atoms with van der Waals surface area (Å²) < 4.78 is 10.3. The van der Waals surface area contributed by atoms with Crippen molar-refractivity contribution in [1.82, 2.24) is 9.88 Å². The number of furan rings is 1. The number of nitrogens with zero attached hydrogens (tertiary/aromatic N) is 2. The lowest BCUT2D eigenvalue weighted by atomic mass is 10.2. The molecule has 0 atom stereocenters.